The fourth-order valence-electron chi connectivity index (χ4n) is 2.70. The van der Waals surface area contributed by atoms with Crippen LogP contribution in [0.15, 0.2) is 47.6 Å². The molecule has 27 heavy (non-hydrogen) atoms. The molecule has 5 nitrogen and oxygen atoms in total. The third-order valence-electron chi connectivity index (χ3n) is 4.11. The molecular formula is C20H21ClN4OS. The van der Waals surface area contributed by atoms with E-state index in [-0.39, 0.29) is 11.7 Å². The molecular weight excluding hydrogens is 380 g/mol. The molecule has 0 fully saturated rings. The molecule has 0 saturated heterocycles. The van der Waals surface area contributed by atoms with Gasteiger partial charge in [-0.3, -0.25) is 9.36 Å². The zero-order chi connectivity index (χ0) is 19.4. The number of amides is 1. The van der Waals surface area contributed by atoms with Gasteiger partial charge in [0.2, 0.25) is 5.91 Å². The second-order valence-electron chi connectivity index (χ2n) is 6.35. The molecule has 0 aliphatic carbocycles. The minimum Gasteiger partial charge on any atom is -0.351 e. The van der Waals surface area contributed by atoms with Crippen molar-refractivity contribution in [1.82, 2.24) is 20.1 Å². The average Bonchev–Trinajstić information content (AvgIpc) is 3.01. The van der Waals surface area contributed by atoms with Crippen molar-refractivity contribution >= 4 is 29.3 Å². The van der Waals surface area contributed by atoms with E-state index in [1.807, 2.05) is 35.8 Å². The minimum atomic E-state index is -0.0619. The van der Waals surface area contributed by atoms with Gasteiger partial charge in [-0.05, 0) is 55.7 Å². The van der Waals surface area contributed by atoms with Crippen LogP contribution in [0, 0.1) is 20.8 Å². The summed E-state index contributed by atoms with van der Waals surface area (Å²) in [5.41, 5.74) is 4.31. The van der Waals surface area contributed by atoms with Crippen LogP contribution in [-0.4, -0.2) is 26.4 Å². The Labute approximate surface area is 168 Å². The van der Waals surface area contributed by atoms with E-state index in [4.69, 9.17) is 11.6 Å². The molecule has 0 bridgehead atoms. The van der Waals surface area contributed by atoms with E-state index in [1.54, 1.807) is 0 Å². The number of carbonyl (C=O) groups is 1. The summed E-state index contributed by atoms with van der Waals surface area (Å²) in [7, 11) is 0. The van der Waals surface area contributed by atoms with Gasteiger partial charge in [0.25, 0.3) is 0 Å². The highest BCUT2D eigenvalue weighted by atomic mass is 35.5. The van der Waals surface area contributed by atoms with Crippen molar-refractivity contribution in [2.75, 3.05) is 5.75 Å². The Morgan fingerprint density at radius 2 is 1.96 bits per heavy atom. The molecule has 140 valence electrons. The largest absolute Gasteiger partial charge is 0.351 e. The number of nitrogens with zero attached hydrogens (tertiary/aromatic N) is 3. The lowest BCUT2D eigenvalue weighted by Crippen LogP contribution is -2.24. The summed E-state index contributed by atoms with van der Waals surface area (Å²) in [5.74, 6) is 1.00. The summed E-state index contributed by atoms with van der Waals surface area (Å²) in [4.78, 5) is 12.2. The molecule has 0 spiro atoms. The van der Waals surface area contributed by atoms with Gasteiger partial charge in [-0.1, -0.05) is 47.6 Å². The Morgan fingerprint density at radius 1 is 1.15 bits per heavy atom. The second kappa shape index (κ2) is 8.59. The van der Waals surface area contributed by atoms with E-state index in [9.17, 15) is 4.79 Å². The van der Waals surface area contributed by atoms with Crippen LogP contribution in [0.2, 0.25) is 5.02 Å². The van der Waals surface area contributed by atoms with Gasteiger partial charge in [-0.2, -0.15) is 0 Å². The van der Waals surface area contributed by atoms with Crippen LogP contribution in [-0.2, 0) is 11.3 Å². The van der Waals surface area contributed by atoms with Crippen LogP contribution in [0.1, 0.15) is 22.5 Å². The smallest absolute Gasteiger partial charge is 0.230 e. The minimum absolute atomic E-state index is 0.0619. The monoisotopic (exact) mass is 400 g/mol. The summed E-state index contributed by atoms with van der Waals surface area (Å²) >= 11 is 7.34. The highest BCUT2D eigenvalue weighted by Gasteiger charge is 2.15. The molecule has 7 heteroatoms. The number of nitrogens with one attached hydrogen (secondary N) is 1. The number of aromatic nitrogens is 3. The summed E-state index contributed by atoms with van der Waals surface area (Å²) in [5, 5.41) is 12.7. The summed E-state index contributed by atoms with van der Waals surface area (Å²) in [6.07, 6.45) is 0. The maximum Gasteiger partial charge on any atom is 0.230 e. The van der Waals surface area contributed by atoms with Crippen molar-refractivity contribution in [3.05, 3.63) is 70.0 Å². The van der Waals surface area contributed by atoms with Gasteiger partial charge >= 0.3 is 0 Å². The molecule has 1 amide bonds. The van der Waals surface area contributed by atoms with Crippen molar-refractivity contribution in [1.29, 1.82) is 0 Å². The van der Waals surface area contributed by atoms with Crippen molar-refractivity contribution in [2.24, 2.45) is 0 Å². The van der Waals surface area contributed by atoms with Crippen molar-refractivity contribution in [2.45, 2.75) is 32.5 Å². The predicted molar refractivity (Wildman–Crippen MR) is 110 cm³/mol. The lowest BCUT2D eigenvalue weighted by atomic mass is 10.1. The quantitative estimate of drug-likeness (QED) is 0.628. The molecule has 3 aromatic rings. The SMILES string of the molecule is Cc1ccc(C)c(-n2c(C)nnc2SCC(=O)NCc2cccc(Cl)c2)c1. The maximum absolute atomic E-state index is 12.2. The van der Waals surface area contributed by atoms with Gasteiger partial charge in [0.15, 0.2) is 5.16 Å². The van der Waals surface area contributed by atoms with Gasteiger partial charge in [-0.25, -0.2) is 0 Å². The third-order valence-corrected chi connectivity index (χ3v) is 5.28. The molecule has 0 aliphatic heterocycles. The number of hydrogen-bond donors (Lipinski definition) is 1. The van der Waals surface area contributed by atoms with E-state index in [2.05, 4.69) is 47.6 Å². The highest BCUT2D eigenvalue weighted by molar-refractivity contribution is 7.99. The van der Waals surface area contributed by atoms with Gasteiger partial charge in [0.05, 0.1) is 11.4 Å². The Balaban J connectivity index is 1.66. The maximum atomic E-state index is 12.2. The van der Waals surface area contributed by atoms with Crippen LogP contribution in [0.5, 0.6) is 0 Å². The molecule has 0 unspecified atom stereocenters. The molecule has 0 saturated carbocycles. The first-order chi connectivity index (χ1) is 12.9. The lowest BCUT2D eigenvalue weighted by Gasteiger charge is -2.12. The van der Waals surface area contributed by atoms with Crippen LogP contribution >= 0.6 is 23.4 Å². The van der Waals surface area contributed by atoms with Gasteiger partial charge in [-0.15, -0.1) is 10.2 Å². The number of aryl methyl sites for hydroxylation is 3. The lowest BCUT2D eigenvalue weighted by molar-refractivity contribution is -0.118. The van der Waals surface area contributed by atoms with Gasteiger partial charge in [0.1, 0.15) is 5.82 Å². The van der Waals surface area contributed by atoms with Crippen LogP contribution in [0.4, 0.5) is 0 Å². The normalized spacial score (nSPS) is 10.8. The Hall–Kier alpha value is -2.31. The number of benzene rings is 2. The third kappa shape index (κ3) is 4.90. The van der Waals surface area contributed by atoms with E-state index >= 15 is 0 Å². The average molecular weight is 401 g/mol. The van der Waals surface area contributed by atoms with E-state index < -0.39 is 0 Å². The predicted octanol–water partition coefficient (Wildman–Crippen LogP) is 4.25. The Kier molecular flexibility index (Phi) is 6.19. The zero-order valence-corrected chi connectivity index (χ0v) is 17.1. The molecule has 1 aromatic heterocycles. The molecule has 0 atom stereocenters. The number of hydrogen-bond acceptors (Lipinski definition) is 4. The van der Waals surface area contributed by atoms with Gasteiger partial charge < -0.3 is 5.32 Å². The molecule has 3 rings (SSSR count). The van der Waals surface area contributed by atoms with Gasteiger partial charge in [0, 0.05) is 11.6 Å². The first-order valence-corrected chi connectivity index (χ1v) is 9.94. The van der Waals surface area contributed by atoms with Crippen LogP contribution in [0.25, 0.3) is 5.69 Å². The van der Waals surface area contributed by atoms with Crippen LogP contribution in [0.3, 0.4) is 0 Å². The van der Waals surface area contributed by atoms with E-state index in [0.717, 1.165) is 22.6 Å². The number of thioether (sulfide) groups is 1. The van der Waals surface area contributed by atoms with Crippen molar-refractivity contribution in [3.63, 3.8) is 0 Å². The first-order valence-electron chi connectivity index (χ1n) is 8.57. The molecule has 1 N–H and O–H groups in total. The Bertz CT molecular complexity index is 970. The summed E-state index contributed by atoms with van der Waals surface area (Å²) in [6, 6.07) is 13.7. The molecule has 0 aliphatic rings. The molecule has 2 aromatic carbocycles. The summed E-state index contributed by atoms with van der Waals surface area (Å²) in [6.45, 7) is 6.47. The number of rotatable bonds is 6. The molecule has 0 radical (unpaired) electrons. The van der Waals surface area contributed by atoms with Crippen molar-refractivity contribution in [3.8, 4) is 5.69 Å². The number of carbonyl (C=O) groups excluding carboxylic acids is 1. The first kappa shape index (κ1) is 19.5. The summed E-state index contributed by atoms with van der Waals surface area (Å²) < 4.78 is 2.00. The second-order valence-corrected chi connectivity index (χ2v) is 7.73. The standard InChI is InChI=1S/C20H21ClN4OS/c1-13-7-8-14(2)18(9-13)25-15(3)23-24-20(25)27-12-19(26)22-11-16-5-4-6-17(21)10-16/h4-10H,11-12H2,1-3H3,(H,22,26). The number of halogens is 1. The fourth-order valence-corrected chi connectivity index (χ4v) is 3.74. The highest BCUT2D eigenvalue weighted by Crippen LogP contribution is 2.24. The molecule has 1 heterocycles. The van der Waals surface area contributed by atoms with E-state index in [1.165, 1.54) is 17.3 Å². The topological polar surface area (TPSA) is 59.8 Å². The van der Waals surface area contributed by atoms with Crippen LogP contribution < -0.4 is 5.32 Å². The zero-order valence-electron chi connectivity index (χ0n) is 15.5. The van der Waals surface area contributed by atoms with E-state index in [0.29, 0.717) is 16.7 Å². The van der Waals surface area contributed by atoms with Crippen molar-refractivity contribution < 1.29 is 4.79 Å². The Morgan fingerprint density at radius 3 is 2.74 bits per heavy atom. The fraction of sp³-hybridized carbons (Fsp3) is 0.250.